The molecule has 0 saturated carbocycles. The van der Waals surface area contributed by atoms with Crippen molar-refractivity contribution >= 4 is 17.5 Å². The summed E-state index contributed by atoms with van der Waals surface area (Å²) in [6.07, 6.45) is 2.40. The number of ether oxygens (including phenoxy) is 1. The maximum atomic E-state index is 13.1. The maximum Gasteiger partial charge on any atom is 0.292 e. The van der Waals surface area contributed by atoms with Gasteiger partial charge in [-0.15, -0.1) is 0 Å². The zero-order valence-electron chi connectivity index (χ0n) is 18.3. The van der Waals surface area contributed by atoms with Crippen LogP contribution in [-0.4, -0.2) is 50.6 Å². The van der Waals surface area contributed by atoms with Crippen molar-refractivity contribution in [3.8, 4) is 5.75 Å². The Labute approximate surface area is 184 Å². The highest BCUT2D eigenvalue weighted by Gasteiger charge is 2.46. The molecule has 2 saturated heterocycles. The normalized spacial score (nSPS) is 23.9. The van der Waals surface area contributed by atoms with Crippen molar-refractivity contribution < 1.29 is 24.1 Å². The Morgan fingerprint density at radius 3 is 2.35 bits per heavy atom. The summed E-state index contributed by atoms with van der Waals surface area (Å²) in [5, 5.41) is 0. The number of carbonyl (C=O) groups excluding carboxylic acids is 2. The van der Waals surface area contributed by atoms with Gasteiger partial charge in [-0.2, -0.15) is 0 Å². The van der Waals surface area contributed by atoms with Crippen LogP contribution >= 0.6 is 0 Å². The Morgan fingerprint density at radius 2 is 1.68 bits per heavy atom. The summed E-state index contributed by atoms with van der Waals surface area (Å²) in [7, 11) is 0. The molecule has 1 atom stereocenters. The van der Waals surface area contributed by atoms with Gasteiger partial charge in [0.05, 0.1) is 18.7 Å². The summed E-state index contributed by atoms with van der Waals surface area (Å²) in [5.41, 5.74) is 1.99. The molecule has 2 amide bonds. The van der Waals surface area contributed by atoms with Gasteiger partial charge in [0.2, 0.25) is 5.91 Å². The minimum atomic E-state index is -0.258. The SMILES string of the molecule is CCCCOc1ccc(N2C(=O)C[C@H]([NH+]3CC[NH+](Cc4ccccc4)CC3)C2=O)cc1. The molecule has 0 bridgehead atoms. The number of hydrogen-bond acceptors (Lipinski definition) is 3. The maximum absolute atomic E-state index is 13.1. The fourth-order valence-corrected chi connectivity index (χ4v) is 4.58. The van der Waals surface area contributed by atoms with E-state index < -0.39 is 0 Å². The van der Waals surface area contributed by atoms with Crippen LogP contribution in [0.25, 0.3) is 0 Å². The summed E-state index contributed by atoms with van der Waals surface area (Å²) in [6.45, 7) is 7.71. The van der Waals surface area contributed by atoms with Gasteiger partial charge in [-0.1, -0.05) is 43.7 Å². The number of quaternary nitrogens is 2. The van der Waals surface area contributed by atoms with Gasteiger partial charge in [0, 0.05) is 5.56 Å². The van der Waals surface area contributed by atoms with Crippen molar-refractivity contribution in [2.75, 3.05) is 37.7 Å². The highest BCUT2D eigenvalue weighted by atomic mass is 16.5. The van der Waals surface area contributed by atoms with Gasteiger partial charge in [-0.25, -0.2) is 4.90 Å². The molecule has 0 radical (unpaired) electrons. The molecular weight excluding hydrogens is 390 g/mol. The van der Waals surface area contributed by atoms with Crippen molar-refractivity contribution in [1.82, 2.24) is 0 Å². The Bertz CT molecular complexity index is 877. The zero-order chi connectivity index (χ0) is 21.6. The predicted molar refractivity (Wildman–Crippen MR) is 119 cm³/mol. The Morgan fingerprint density at radius 1 is 0.968 bits per heavy atom. The number of unbranched alkanes of at least 4 members (excludes halogenated alkanes) is 1. The number of rotatable bonds is 8. The third-order valence-electron chi connectivity index (χ3n) is 6.40. The van der Waals surface area contributed by atoms with Crippen LogP contribution < -0.4 is 19.4 Å². The van der Waals surface area contributed by atoms with Gasteiger partial charge < -0.3 is 14.5 Å². The average Bonchev–Trinajstić information content (AvgIpc) is 3.10. The molecule has 4 rings (SSSR count). The Hall–Kier alpha value is -2.70. The summed E-state index contributed by atoms with van der Waals surface area (Å²) in [5.74, 6) is 0.614. The van der Waals surface area contributed by atoms with Gasteiger partial charge in [-0.3, -0.25) is 9.59 Å². The van der Waals surface area contributed by atoms with E-state index >= 15 is 0 Å². The lowest BCUT2D eigenvalue weighted by Gasteiger charge is -2.32. The molecule has 2 aliphatic heterocycles. The number of amides is 2. The molecule has 0 unspecified atom stereocenters. The first-order valence-electron chi connectivity index (χ1n) is 11.5. The molecule has 0 aromatic heterocycles. The number of imide groups is 1. The molecule has 0 aliphatic carbocycles. The first kappa shape index (κ1) is 21.5. The van der Waals surface area contributed by atoms with Crippen LogP contribution in [0.2, 0.25) is 0 Å². The second-order valence-electron chi connectivity index (χ2n) is 8.59. The molecule has 31 heavy (non-hydrogen) atoms. The monoisotopic (exact) mass is 423 g/mol. The van der Waals surface area contributed by atoms with E-state index in [1.165, 1.54) is 15.4 Å². The van der Waals surface area contributed by atoms with Crippen LogP contribution in [0, 0.1) is 0 Å². The average molecular weight is 424 g/mol. The zero-order valence-corrected chi connectivity index (χ0v) is 18.3. The molecule has 2 N–H and O–H groups in total. The summed E-state index contributed by atoms with van der Waals surface area (Å²) in [4.78, 5) is 30.0. The largest absolute Gasteiger partial charge is 0.494 e. The van der Waals surface area contributed by atoms with Crippen molar-refractivity contribution in [2.24, 2.45) is 0 Å². The molecule has 2 aliphatic rings. The molecule has 2 aromatic carbocycles. The van der Waals surface area contributed by atoms with E-state index in [2.05, 4.69) is 31.2 Å². The number of benzene rings is 2. The molecule has 0 spiro atoms. The van der Waals surface area contributed by atoms with Crippen LogP contribution in [0.4, 0.5) is 5.69 Å². The molecule has 6 heteroatoms. The highest BCUT2D eigenvalue weighted by Crippen LogP contribution is 2.24. The summed E-state index contributed by atoms with van der Waals surface area (Å²) < 4.78 is 5.69. The van der Waals surface area contributed by atoms with Gasteiger partial charge >= 0.3 is 0 Å². The highest BCUT2D eigenvalue weighted by molar-refractivity contribution is 6.21. The van der Waals surface area contributed by atoms with Crippen molar-refractivity contribution in [3.63, 3.8) is 0 Å². The van der Waals surface area contributed by atoms with Crippen LogP contribution in [0.1, 0.15) is 31.7 Å². The van der Waals surface area contributed by atoms with Gasteiger partial charge in [0.25, 0.3) is 5.91 Å². The molecular formula is C25H33N3O3+2. The van der Waals surface area contributed by atoms with Crippen LogP contribution in [0.5, 0.6) is 5.75 Å². The van der Waals surface area contributed by atoms with E-state index in [0.717, 1.165) is 51.3 Å². The number of nitrogens with zero attached hydrogens (tertiary/aromatic N) is 1. The first-order valence-corrected chi connectivity index (χ1v) is 11.5. The van der Waals surface area contributed by atoms with Gasteiger partial charge in [-0.05, 0) is 30.7 Å². The van der Waals surface area contributed by atoms with Crippen LogP contribution in [-0.2, 0) is 16.1 Å². The van der Waals surface area contributed by atoms with E-state index in [1.54, 1.807) is 4.90 Å². The standard InChI is InChI=1S/C25H31N3O3/c1-2-3-17-31-22-11-9-21(10-12-22)28-24(29)18-23(25(28)30)27-15-13-26(14-16-27)19-20-7-5-4-6-8-20/h4-12,23H,2-3,13-19H2,1H3/p+2/t23-/m0/s1. The second-order valence-corrected chi connectivity index (χ2v) is 8.59. The molecule has 6 nitrogen and oxygen atoms in total. The molecule has 2 aromatic rings. The van der Waals surface area contributed by atoms with E-state index in [-0.39, 0.29) is 17.9 Å². The third kappa shape index (κ3) is 5.14. The predicted octanol–water partition coefficient (Wildman–Crippen LogP) is 0.481. The number of anilines is 1. The lowest BCUT2D eigenvalue weighted by atomic mass is 10.1. The van der Waals surface area contributed by atoms with Crippen LogP contribution in [0.3, 0.4) is 0 Å². The lowest BCUT2D eigenvalue weighted by molar-refractivity contribution is -1.02. The van der Waals surface area contributed by atoms with E-state index in [1.807, 2.05) is 30.3 Å². The van der Waals surface area contributed by atoms with Crippen molar-refractivity contribution in [3.05, 3.63) is 60.2 Å². The fraction of sp³-hybridized carbons (Fsp3) is 0.440. The van der Waals surface area contributed by atoms with E-state index in [0.29, 0.717) is 18.7 Å². The van der Waals surface area contributed by atoms with Crippen molar-refractivity contribution in [1.29, 1.82) is 0 Å². The third-order valence-corrected chi connectivity index (χ3v) is 6.40. The Kier molecular flexibility index (Phi) is 6.99. The minimum absolute atomic E-state index is 0.0637. The molecule has 164 valence electrons. The first-order chi connectivity index (χ1) is 15.2. The van der Waals surface area contributed by atoms with Gasteiger partial charge in [0.1, 0.15) is 38.5 Å². The molecule has 2 heterocycles. The van der Waals surface area contributed by atoms with Gasteiger partial charge in [0.15, 0.2) is 6.04 Å². The minimum Gasteiger partial charge on any atom is -0.494 e. The Balaban J connectivity index is 1.33. The lowest BCUT2D eigenvalue weighted by Crippen LogP contribution is -3.29. The van der Waals surface area contributed by atoms with Crippen LogP contribution in [0.15, 0.2) is 54.6 Å². The summed E-state index contributed by atoms with van der Waals surface area (Å²) in [6, 6.07) is 17.6. The number of carbonyl (C=O) groups is 2. The number of piperazine rings is 1. The number of hydrogen-bond donors (Lipinski definition) is 2. The van der Waals surface area contributed by atoms with E-state index in [9.17, 15) is 9.59 Å². The fourth-order valence-electron chi connectivity index (χ4n) is 4.58. The van der Waals surface area contributed by atoms with E-state index in [4.69, 9.17) is 4.74 Å². The smallest absolute Gasteiger partial charge is 0.292 e. The number of nitrogens with one attached hydrogen (secondary N) is 2. The second kappa shape index (κ2) is 10.1. The topological polar surface area (TPSA) is 55.5 Å². The van der Waals surface area contributed by atoms with Crippen molar-refractivity contribution in [2.45, 2.75) is 38.8 Å². The molecule has 2 fully saturated rings. The quantitative estimate of drug-likeness (QED) is 0.480. The summed E-state index contributed by atoms with van der Waals surface area (Å²) >= 11 is 0.